The summed E-state index contributed by atoms with van der Waals surface area (Å²) in [5.74, 6) is 0. The first kappa shape index (κ1) is 27.6. The van der Waals surface area contributed by atoms with Gasteiger partial charge in [-0.2, -0.15) is 0 Å². The standard InChI is InChI=1S/C25H48O5/c1-2-3-4-5-6-7-8-9-10-11-12-13-14-15-16-17-18-19-29-25-23(28)21-30-24(25)22(27)20-26/h12-13,22-28H,2-11,14-21H2,1H3/b13-12+/t22-,23+,24-,25-/m0/s1. The quantitative estimate of drug-likeness (QED) is 0.190. The van der Waals surface area contributed by atoms with E-state index in [-0.39, 0.29) is 13.2 Å². The van der Waals surface area contributed by atoms with Crippen LogP contribution in [-0.2, 0) is 9.47 Å². The van der Waals surface area contributed by atoms with Crippen LogP contribution in [0.25, 0.3) is 0 Å². The number of ether oxygens (including phenoxy) is 2. The number of allylic oxidation sites excluding steroid dienone is 2. The Kier molecular flexibility index (Phi) is 17.7. The van der Waals surface area contributed by atoms with Crippen molar-refractivity contribution in [1.29, 1.82) is 0 Å². The highest BCUT2D eigenvalue weighted by Crippen LogP contribution is 2.21. The van der Waals surface area contributed by atoms with Crippen LogP contribution in [0.3, 0.4) is 0 Å². The van der Waals surface area contributed by atoms with Gasteiger partial charge in [0, 0.05) is 6.61 Å². The van der Waals surface area contributed by atoms with Crippen LogP contribution in [-0.4, -0.2) is 59.6 Å². The van der Waals surface area contributed by atoms with Crippen molar-refractivity contribution in [2.45, 2.75) is 128 Å². The molecule has 3 N–H and O–H groups in total. The first-order valence-electron chi connectivity index (χ1n) is 12.6. The Morgan fingerprint density at radius 2 is 1.40 bits per heavy atom. The molecule has 0 aliphatic carbocycles. The Labute approximate surface area is 184 Å². The third kappa shape index (κ3) is 13.1. The maximum Gasteiger partial charge on any atom is 0.114 e. The van der Waals surface area contributed by atoms with Crippen molar-refractivity contribution in [3.8, 4) is 0 Å². The monoisotopic (exact) mass is 428 g/mol. The van der Waals surface area contributed by atoms with Gasteiger partial charge in [0.25, 0.3) is 0 Å². The summed E-state index contributed by atoms with van der Waals surface area (Å²) in [6.07, 6.45) is 21.0. The molecule has 0 bridgehead atoms. The van der Waals surface area contributed by atoms with Crippen LogP contribution in [0.1, 0.15) is 103 Å². The van der Waals surface area contributed by atoms with Crippen LogP contribution < -0.4 is 0 Å². The van der Waals surface area contributed by atoms with E-state index in [2.05, 4.69) is 19.1 Å². The molecule has 0 aromatic heterocycles. The number of aliphatic hydroxyl groups is 3. The number of aliphatic hydroxyl groups excluding tert-OH is 3. The molecule has 0 radical (unpaired) electrons. The molecule has 0 spiro atoms. The molecular formula is C25H48O5. The SMILES string of the molecule is CCCCCCCCCCC/C=C/CCCCCCO[C@@H]1[C@H]([C@@H](O)CO)OC[C@H]1O. The van der Waals surface area contributed by atoms with Crippen LogP contribution in [0, 0.1) is 0 Å². The molecule has 5 heteroatoms. The van der Waals surface area contributed by atoms with Gasteiger partial charge in [-0.25, -0.2) is 0 Å². The van der Waals surface area contributed by atoms with Gasteiger partial charge in [-0.3, -0.25) is 0 Å². The first-order chi connectivity index (χ1) is 14.7. The van der Waals surface area contributed by atoms with Crippen molar-refractivity contribution in [3.05, 3.63) is 12.2 Å². The molecule has 5 nitrogen and oxygen atoms in total. The van der Waals surface area contributed by atoms with Crippen molar-refractivity contribution in [2.24, 2.45) is 0 Å². The lowest BCUT2D eigenvalue weighted by molar-refractivity contribution is -0.0938. The van der Waals surface area contributed by atoms with E-state index < -0.39 is 24.4 Å². The second kappa shape index (κ2) is 19.2. The summed E-state index contributed by atoms with van der Waals surface area (Å²) in [6.45, 7) is 2.59. The molecule has 1 saturated heterocycles. The fourth-order valence-corrected chi connectivity index (χ4v) is 4.00. The minimum absolute atomic E-state index is 0.151. The molecule has 0 unspecified atom stereocenters. The molecule has 1 heterocycles. The summed E-state index contributed by atoms with van der Waals surface area (Å²) >= 11 is 0. The molecule has 1 fully saturated rings. The van der Waals surface area contributed by atoms with Gasteiger partial charge in [0.05, 0.1) is 13.2 Å². The van der Waals surface area contributed by atoms with E-state index in [0.717, 1.165) is 19.3 Å². The van der Waals surface area contributed by atoms with Crippen molar-refractivity contribution in [1.82, 2.24) is 0 Å². The van der Waals surface area contributed by atoms with Crippen LogP contribution in [0.15, 0.2) is 12.2 Å². The van der Waals surface area contributed by atoms with Gasteiger partial charge in [-0.15, -0.1) is 0 Å². The molecule has 0 amide bonds. The van der Waals surface area contributed by atoms with Crippen LogP contribution in [0.5, 0.6) is 0 Å². The Balaban J connectivity index is 1.86. The molecular weight excluding hydrogens is 380 g/mol. The second-order valence-electron chi connectivity index (χ2n) is 8.74. The molecule has 30 heavy (non-hydrogen) atoms. The van der Waals surface area contributed by atoms with Gasteiger partial charge in [0.2, 0.25) is 0 Å². The van der Waals surface area contributed by atoms with Crippen molar-refractivity contribution in [3.63, 3.8) is 0 Å². The largest absolute Gasteiger partial charge is 0.394 e. The minimum atomic E-state index is -1.01. The number of rotatable bonds is 20. The van der Waals surface area contributed by atoms with E-state index in [1.54, 1.807) is 0 Å². The molecule has 4 atom stereocenters. The highest BCUT2D eigenvalue weighted by atomic mass is 16.6. The molecule has 1 aliphatic rings. The van der Waals surface area contributed by atoms with Crippen molar-refractivity contribution >= 4 is 0 Å². The van der Waals surface area contributed by atoms with Crippen LogP contribution in [0.2, 0.25) is 0 Å². The maximum absolute atomic E-state index is 9.90. The third-order valence-electron chi connectivity index (χ3n) is 5.95. The Bertz CT molecular complexity index is 401. The summed E-state index contributed by atoms with van der Waals surface area (Å²) in [5.41, 5.74) is 0. The summed E-state index contributed by atoms with van der Waals surface area (Å²) in [7, 11) is 0. The smallest absolute Gasteiger partial charge is 0.114 e. The van der Waals surface area contributed by atoms with Gasteiger partial charge < -0.3 is 24.8 Å². The lowest BCUT2D eigenvalue weighted by Crippen LogP contribution is -2.42. The van der Waals surface area contributed by atoms with E-state index in [1.807, 2.05) is 0 Å². The van der Waals surface area contributed by atoms with E-state index in [0.29, 0.717) is 6.61 Å². The highest BCUT2D eigenvalue weighted by molar-refractivity contribution is 4.89. The summed E-state index contributed by atoms with van der Waals surface area (Å²) in [6, 6.07) is 0. The Morgan fingerprint density at radius 1 is 0.867 bits per heavy atom. The Morgan fingerprint density at radius 3 is 1.97 bits per heavy atom. The second-order valence-corrected chi connectivity index (χ2v) is 8.74. The topological polar surface area (TPSA) is 79.2 Å². The average molecular weight is 429 g/mol. The normalized spacial score (nSPS) is 22.9. The van der Waals surface area contributed by atoms with Gasteiger partial charge in [0.1, 0.15) is 24.4 Å². The number of unbranched alkanes of at least 4 members (excludes halogenated alkanes) is 13. The van der Waals surface area contributed by atoms with Crippen LogP contribution >= 0.6 is 0 Å². The zero-order valence-electron chi connectivity index (χ0n) is 19.4. The van der Waals surface area contributed by atoms with Gasteiger partial charge in [-0.1, -0.05) is 83.3 Å². The lowest BCUT2D eigenvalue weighted by atomic mass is 10.1. The molecule has 0 aromatic rings. The third-order valence-corrected chi connectivity index (χ3v) is 5.95. The number of hydrogen-bond donors (Lipinski definition) is 3. The minimum Gasteiger partial charge on any atom is -0.394 e. The summed E-state index contributed by atoms with van der Waals surface area (Å²) in [5, 5.41) is 28.7. The summed E-state index contributed by atoms with van der Waals surface area (Å²) < 4.78 is 11.0. The van der Waals surface area contributed by atoms with Crippen LogP contribution in [0.4, 0.5) is 0 Å². The predicted molar refractivity (Wildman–Crippen MR) is 123 cm³/mol. The zero-order valence-corrected chi connectivity index (χ0v) is 19.4. The summed E-state index contributed by atoms with van der Waals surface area (Å²) in [4.78, 5) is 0. The molecule has 1 rings (SSSR count). The lowest BCUT2D eigenvalue weighted by Gasteiger charge is -2.23. The molecule has 0 saturated carbocycles. The highest BCUT2D eigenvalue weighted by Gasteiger charge is 2.40. The Hall–Kier alpha value is -0.460. The van der Waals surface area contributed by atoms with Gasteiger partial charge in [0.15, 0.2) is 0 Å². The van der Waals surface area contributed by atoms with E-state index in [1.165, 1.54) is 77.0 Å². The number of hydrogen-bond acceptors (Lipinski definition) is 5. The fraction of sp³-hybridized carbons (Fsp3) is 0.920. The van der Waals surface area contributed by atoms with Crippen molar-refractivity contribution < 1.29 is 24.8 Å². The van der Waals surface area contributed by atoms with Crippen molar-refractivity contribution in [2.75, 3.05) is 19.8 Å². The first-order valence-corrected chi connectivity index (χ1v) is 12.6. The van der Waals surface area contributed by atoms with E-state index >= 15 is 0 Å². The van der Waals surface area contributed by atoms with Gasteiger partial charge >= 0.3 is 0 Å². The van der Waals surface area contributed by atoms with E-state index in [4.69, 9.17) is 14.6 Å². The predicted octanol–water partition coefficient (Wildman–Crippen LogP) is 4.91. The zero-order chi connectivity index (χ0) is 21.9. The van der Waals surface area contributed by atoms with E-state index in [9.17, 15) is 10.2 Å². The maximum atomic E-state index is 9.90. The molecule has 1 aliphatic heterocycles. The molecule has 178 valence electrons. The average Bonchev–Trinajstić information content (AvgIpc) is 3.12. The fourth-order valence-electron chi connectivity index (χ4n) is 4.00. The van der Waals surface area contributed by atoms with Gasteiger partial charge in [-0.05, 0) is 32.1 Å². The molecule has 0 aromatic carbocycles.